The quantitative estimate of drug-likeness (QED) is 0.799. The molecule has 1 fully saturated rings. The number of rotatable bonds is 3. The van der Waals surface area contributed by atoms with Gasteiger partial charge in [-0.1, -0.05) is 11.6 Å². The zero-order chi connectivity index (χ0) is 13.2. The number of aromatic nitrogens is 2. The van der Waals surface area contributed by atoms with Gasteiger partial charge < -0.3 is 9.47 Å². The molecular formula is C10H10ClF3N2O2. The molecule has 2 heterocycles. The lowest BCUT2D eigenvalue weighted by Gasteiger charge is -2.11. The van der Waals surface area contributed by atoms with Crippen molar-refractivity contribution in [2.45, 2.75) is 12.6 Å². The number of alkyl halides is 3. The molecule has 1 saturated heterocycles. The summed E-state index contributed by atoms with van der Waals surface area (Å²) in [5.74, 6) is -1.30. The van der Waals surface area contributed by atoms with Crippen LogP contribution in [-0.2, 0) is 10.9 Å². The molecule has 0 aliphatic carbocycles. The Morgan fingerprint density at radius 3 is 2.83 bits per heavy atom. The van der Waals surface area contributed by atoms with Crippen LogP contribution in [0.15, 0.2) is 6.07 Å². The van der Waals surface area contributed by atoms with E-state index in [-0.39, 0.29) is 23.6 Å². The second-order valence-corrected chi connectivity index (χ2v) is 4.28. The number of ether oxygens (including phenoxy) is 2. The third kappa shape index (κ3) is 3.46. The summed E-state index contributed by atoms with van der Waals surface area (Å²) in [6, 6.07) is 1.16. The summed E-state index contributed by atoms with van der Waals surface area (Å²) in [6.07, 6.45) is -3.82. The summed E-state index contributed by atoms with van der Waals surface area (Å²) in [7, 11) is 0. The highest BCUT2D eigenvalue weighted by Gasteiger charge is 2.35. The largest absolute Gasteiger partial charge is 0.477 e. The van der Waals surface area contributed by atoms with Gasteiger partial charge in [0, 0.05) is 18.6 Å². The Kier molecular flexibility index (Phi) is 3.91. The van der Waals surface area contributed by atoms with Gasteiger partial charge in [-0.2, -0.15) is 18.2 Å². The van der Waals surface area contributed by atoms with Gasteiger partial charge in [0.05, 0.1) is 13.2 Å². The van der Waals surface area contributed by atoms with Crippen LogP contribution in [0.1, 0.15) is 12.2 Å². The molecule has 100 valence electrons. The van der Waals surface area contributed by atoms with Crippen LogP contribution in [0.4, 0.5) is 13.2 Å². The van der Waals surface area contributed by atoms with Crippen molar-refractivity contribution in [2.75, 3.05) is 19.8 Å². The Balaban J connectivity index is 2.05. The van der Waals surface area contributed by atoms with Crippen molar-refractivity contribution in [1.29, 1.82) is 0 Å². The van der Waals surface area contributed by atoms with Crippen molar-refractivity contribution in [2.24, 2.45) is 5.92 Å². The maximum Gasteiger partial charge on any atom is 0.451 e. The van der Waals surface area contributed by atoms with Gasteiger partial charge in [0.2, 0.25) is 11.7 Å². The van der Waals surface area contributed by atoms with E-state index >= 15 is 0 Å². The first-order valence-electron chi connectivity index (χ1n) is 5.27. The van der Waals surface area contributed by atoms with Crippen LogP contribution in [0.25, 0.3) is 0 Å². The van der Waals surface area contributed by atoms with Gasteiger partial charge in [-0.3, -0.25) is 0 Å². The van der Waals surface area contributed by atoms with Crippen molar-refractivity contribution < 1.29 is 22.6 Å². The molecule has 0 amide bonds. The summed E-state index contributed by atoms with van der Waals surface area (Å²) in [4.78, 5) is 6.39. The first-order chi connectivity index (χ1) is 8.45. The molecule has 1 aliphatic rings. The summed E-state index contributed by atoms with van der Waals surface area (Å²) >= 11 is 5.50. The van der Waals surface area contributed by atoms with E-state index in [0.29, 0.717) is 13.2 Å². The third-order valence-electron chi connectivity index (χ3n) is 2.42. The Hall–Kier alpha value is -1.08. The molecule has 4 nitrogen and oxygen atoms in total. The van der Waals surface area contributed by atoms with Crippen LogP contribution in [0, 0.1) is 5.92 Å². The first-order valence-corrected chi connectivity index (χ1v) is 5.65. The molecule has 0 radical (unpaired) electrons. The summed E-state index contributed by atoms with van der Waals surface area (Å²) in [5, 5.41) is -0.296. The van der Waals surface area contributed by atoms with Crippen molar-refractivity contribution in [1.82, 2.24) is 9.97 Å². The number of nitrogens with zero attached hydrogens (tertiary/aromatic N) is 2. The maximum atomic E-state index is 12.4. The Morgan fingerprint density at radius 1 is 1.44 bits per heavy atom. The Labute approximate surface area is 106 Å². The molecule has 2 rings (SSSR count). The van der Waals surface area contributed by atoms with Crippen LogP contribution in [0.3, 0.4) is 0 Å². The van der Waals surface area contributed by atoms with E-state index < -0.39 is 12.0 Å². The van der Waals surface area contributed by atoms with E-state index in [1.165, 1.54) is 0 Å². The molecule has 0 saturated carbocycles. The van der Waals surface area contributed by atoms with Gasteiger partial charge >= 0.3 is 6.18 Å². The van der Waals surface area contributed by atoms with E-state index in [1.54, 1.807) is 0 Å². The second-order valence-electron chi connectivity index (χ2n) is 3.89. The summed E-state index contributed by atoms with van der Waals surface area (Å²) in [5.41, 5.74) is 0. The van der Waals surface area contributed by atoms with Gasteiger partial charge in [0.25, 0.3) is 0 Å². The van der Waals surface area contributed by atoms with E-state index in [2.05, 4.69) is 9.97 Å². The molecule has 1 aromatic heterocycles. The van der Waals surface area contributed by atoms with Gasteiger partial charge in [-0.25, -0.2) is 4.98 Å². The molecule has 1 unspecified atom stereocenters. The molecule has 18 heavy (non-hydrogen) atoms. The smallest absolute Gasteiger partial charge is 0.451 e. The topological polar surface area (TPSA) is 44.2 Å². The van der Waals surface area contributed by atoms with Gasteiger partial charge in [-0.05, 0) is 6.42 Å². The monoisotopic (exact) mass is 282 g/mol. The SMILES string of the molecule is FC(F)(F)c1nc(Cl)cc(OCC2CCOC2)n1. The van der Waals surface area contributed by atoms with Crippen molar-refractivity contribution in [3.8, 4) is 5.88 Å². The van der Waals surface area contributed by atoms with E-state index in [4.69, 9.17) is 21.1 Å². The third-order valence-corrected chi connectivity index (χ3v) is 2.61. The lowest BCUT2D eigenvalue weighted by atomic mass is 10.1. The van der Waals surface area contributed by atoms with Crippen LogP contribution >= 0.6 is 11.6 Å². The van der Waals surface area contributed by atoms with Gasteiger partial charge in [0.15, 0.2) is 0 Å². The highest BCUT2D eigenvalue weighted by atomic mass is 35.5. The lowest BCUT2D eigenvalue weighted by molar-refractivity contribution is -0.145. The molecule has 1 atom stereocenters. The second kappa shape index (κ2) is 5.27. The molecule has 0 bridgehead atoms. The summed E-state index contributed by atoms with van der Waals surface area (Å²) in [6.45, 7) is 1.45. The number of halogens is 4. The van der Waals surface area contributed by atoms with Crippen molar-refractivity contribution in [3.05, 3.63) is 17.0 Å². The van der Waals surface area contributed by atoms with Gasteiger partial charge in [-0.15, -0.1) is 0 Å². The molecule has 1 aliphatic heterocycles. The van der Waals surface area contributed by atoms with Crippen LogP contribution in [-0.4, -0.2) is 29.8 Å². The average molecular weight is 283 g/mol. The van der Waals surface area contributed by atoms with Crippen LogP contribution in [0.2, 0.25) is 5.15 Å². The Morgan fingerprint density at radius 2 is 2.22 bits per heavy atom. The standard InChI is InChI=1S/C10H10ClF3N2O2/c11-7-3-8(16-9(15-7)10(12,13)14)18-5-6-1-2-17-4-6/h3,6H,1-2,4-5H2. The molecule has 0 spiro atoms. The molecular weight excluding hydrogens is 273 g/mol. The zero-order valence-corrected chi connectivity index (χ0v) is 9.96. The predicted molar refractivity (Wildman–Crippen MR) is 56.5 cm³/mol. The van der Waals surface area contributed by atoms with Crippen molar-refractivity contribution >= 4 is 11.6 Å². The van der Waals surface area contributed by atoms with Crippen molar-refractivity contribution in [3.63, 3.8) is 0 Å². The minimum Gasteiger partial charge on any atom is -0.477 e. The molecule has 8 heteroatoms. The highest BCUT2D eigenvalue weighted by Crippen LogP contribution is 2.29. The molecule has 0 N–H and O–H groups in total. The highest BCUT2D eigenvalue weighted by molar-refractivity contribution is 6.29. The fraction of sp³-hybridized carbons (Fsp3) is 0.600. The molecule has 1 aromatic rings. The minimum atomic E-state index is -4.64. The number of hydrogen-bond acceptors (Lipinski definition) is 4. The fourth-order valence-corrected chi connectivity index (χ4v) is 1.69. The first kappa shape index (κ1) is 13.4. The van der Waals surface area contributed by atoms with E-state index in [0.717, 1.165) is 12.5 Å². The Bertz CT molecular complexity index is 422. The minimum absolute atomic E-state index is 0.172. The summed E-state index contributed by atoms with van der Waals surface area (Å²) < 4.78 is 47.6. The normalized spacial score (nSPS) is 20.1. The van der Waals surface area contributed by atoms with E-state index in [9.17, 15) is 13.2 Å². The molecule has 0 aromatic carbocycles. The predicted octanol–water partition coefficient (Wildman–Crippen LogP) is 2.56. The lowest BCUT2D eigenvalue weighted by Crippen LogP contribution is -2.15. The number of hydrogen-bond donors (Lipinski definition) is 0. The average Bonchev–Trinajstić information content (AvgIpc) is 2.77. The van der Waals surface area contributed by atoms with Crippen LogP contribution in [0.5, 0.6) is 5.88 Å². The fourth-order valence-electron chi connectivity index (χ4n) is 1.52. The van der Waals surface area contributed by atoms with E-state index in [1.807, 2.05) is 0 Å². The zero-order valence-electron chi connectivity index (χ0n) is 9.21. The maximum absolute atomic E-state index is 12.4. The van der Waals surface area contributed by atoms with Crippen LogP contribution < -0.4 is 4.74 Å². The van der Waals surface area contributed by atoms with Gasteiger partial charge in [0.1, 0.15) is 5.15 Å².